The van der Waals surface area contributed by atoms with Crippen LogP contribution in [-0.2, 0) is 23.8 Å². The molecule has 0 unspecified atom stereocenters. The lowest BCUT2D eigenvalue weighted by molar-refractivity contribution is -0.157. The average molecular weight is 590 g/mol. The second-order valence-electron chi connectivity index (χ2n) is 10.9. The SMILES string of the molecule is O=C(C1=C[C@@H](c2coc3ccccc3c2=O)C[C@@H](OCCOCCO)O1)N1CCC2(CC1)C(=O)NCN2c1ccccc1. The fourth-order valence-electron chi connectivity index (χ4n) is 6.15. The molecule has 2 saturated heterocycles. The Bertz CT molecular complexity index is 1550. The molecule has 43 heavy (non-hydrogen) atoms. The van der Waals surface area contributed by atoms with Crippen molar-refractivity contribution < 1.29 is 33.3 Å². The molecule has 2 amide bonds. The molecule has 1 spiro atoms. The van der Waals surface area contributed by atoms with Crippen molar-refractivity contribution in [1.82, 2.24) is 10.2 Å². The zero-order valence-corrected chi connectivity index (χ0v) is 23.8. The quantitative estimate of drug-likeness (QED) is 0.362. The number of benzene rings is 2. The van der Waals surface area contributed by atoms with E-state index in [1.807, 2.05) is 30.3 Å². The number of rotatable bonds is 9. The molecule has 6 rings (SSSR count). The third-order valence-corrected chi connectivity index (χ3v) is 8.42. The van der Waals surface area contributed by atoms with Gasteiger partial charge >= 0.3 is 0 Å². The van der Waals surface area contributed by atoms with Crippen LogP contribution < -0.4 is 15.6 Å². The molecule has 11 heteroatoms. The molecule has 3 aliphatic heterocycles. The predicted molar refractivity (Wildman–Crippen MR) is 157 cm³/mol. The van der Waals surface area contributed by atoms with Crippen LogP contribution in [0.2, 0.25) is 0 Å². The predicted octanol–water partition coefficient (Wildman–Crippen LogP) is 2.49. The van der Waals surface area contributed by atoms with Crippen molar-refractivity contribution in [3.63, 3.8) is 0 Å². The van der Waals surface area contributed by atoms with E-state index in [0.717, 1.165) is 5.69 Å². The van der Waals surface area contributed by atoms with Crippen molar-refractivity contribution in [1.29, 1.82) is 0 Å². The number of hydrogen-bond acceptors (Lipinski definition) is 9. The Hall–Kier alpha value is -4.19. The number of ether oxygens (including phenoxy) is 3. The topological polar surface area (TPSA) is 131 Å². The number of carbonyl (C=O) groups is 2. The van der Waals surface area contributed by atoms with Crippen molar-refractivity contribution in [3.8, 4) is 0 Å². The Morgan fingerprint density at radius 2 is 1.79 bits per heavy atom. The lowest BCUT2D eigenvalue weighted by Crippen LogP contribution is -2.57. The summed E-state index contributed by atoms with van der Waals surface area (Å²) in [6, 6.07) is 16.8. The van der Waals surface area contributed by atoms with Crippen molar-refractivity contribution in [2.75, 3.05) is 51.1 Å². The summed E-state index contributed by atoms with van der Waals surface area (Å²) in [5, 5.41) is 12.4. The van der Waals surface area contributed by atoms with E-state index in [-0.39, 0.29) is 49.4 Å². The second kappa shape index (κ2) is 12.6. The zero-order chi connectivity index (χ0) is 29.8. The maximum Gasteiger partial charge on any atom is 0.288 e. The Morgan fingerprint density at radius 1 is 1.02 bits per heavy atom. The minimum absolute atomic E-state index is 0.0310. The third kappa shape index (κ3) is 5.75. The molecule has 0 aliphatic carbocycles. The first kappa shape index (κ1) is 28.9. The van der Waals surface area contributed by atoms with Crippen LogP contribution >= 0.6 is 0 Å². The first-order chi connectivity index (χ1) is 21.0. The summed E-state index contributed by atoms with van der Waals surface area (Å²) in [6.45, 7) is 1.66. The standard InChI is InChI=1S/C32H35N3O8/c36-14-15-40-16-17-41-28-19-22(25-20-42-26-9-5-4-8-24(26)29(25)37)18-27(43-28)30(38)34-12-10-32(11-13-34)31(39)33-21-35(32)23-6-2-1-3-7-23/h1-9,18,20,22,28,36H,10-17,19,21H2,(H,33,39)/t22-,28+/m1/s1. The number of fused-ring (bicyclic) bond motifs is 1. The number of nitrogens with one attached hydrogen (secondary N) is 1. The number of carbonyl (C=O) groups excluding carboxylic acids is 2. The number of amides is 2. The van der Waals surface area contributed by atoms with Gasteiger partial charge in [0.15, 0.2) is 11.2 Å². The average Bonchev–Trinajstić information content (AvgIpc) is 3.36. The second-order valence-corrected chi connectivity index (χ2v) is 10.9. The van der Waals surface area contributed by atoms with E-state index >= 15 is 0 Å². The van der Waals surface area contributed by atoms with E-state index in [4.69, 9.17) is 23.7 Å². The molecule has 1 aromatic heterocycles. The van der Waals surface area contributed by atoms with Gasteiger partial charge in [-0.3, -0.25) is 14.4 Å². The molecule has 2 atom stereocenters. The van der Waals surface area contributed by atoms with Gasteiger partial charge in [-0.25, -0.2) is 0 Å². The normalized spacial score (nSPS) is 21.5. The lowest BCUT2D eigenvalue weighted by atomic mass is 9.85. The van der Waals surface area contributed by atoms with Crippen LogP contribution in [-0.4, -0.2) is 79.8 Å². The van der Waals surface area contributed by atoms with Gasteiger partial charge in [-0.2, -0.15) is 0 Å². The van der Waals surface area contributed by atoms with E-state index in [1.165, 1.54) is 6.26 Å². The van der Waals surface area contributed by atoms with Gasteiger partial charge in [0.1, 0.15) is 11.1 Å². The number of allylic oxidation sites excluding steroid dienone is 1. The summed E-state index contributed by atoms with van der Waals surface area (Å²) in [7, 11) is 0. The molecule has 3 aliphatic rings. The summed E-state index contributed by atoms with van der Waals surface area (Å²) in [5.74, 6) is -0.741. The highest BCUT2D eigenvalue weighted by Crippen LogP contribution is 2.37. The van der Waals surface area contributed by atoms with Crippen molar-refractivity contribution in [2.24, 2.45) is 0 Å². The van der Waals surface area contributed by atoms with Crippen LogP contribution in [0.1, 0.15) is 30.7 Å². The number of para-hydroxylation sites is 2. The summed E-state index contributed by atoms with van der Waals surface area (Å²) in [6.07, 6.45) is 3.55. The largest absolute Gasteiger partial charge is 0.464 e. The van der Waals surface area contributed by atoms with Crippen LogP contribution in [0.4, 0.5) is 5.69 Å². The van der Waals surface area contributed by atoms with Crippen LogP contribution in [0.15, 0.2) is 81.9 Å². The molecule has 0 saturated carbocycles. The molecule has 0 radical (unpaired) electrons. The highest BCUT2D eigenvalue weighted by atomic mass is 16.7. The third-order valence-electron chi connectivity index (χ3n) is 8.42. The molecule has 3 aromatic rings. The lowest BCUT2D eigenvalue weighted by Gasteiger charge is -2.43. The van der Waals surface area contributed by atoms with Gasteiger partial charge in [0.25, 0.3) is 5.91 Å². The van der Waals surface area contributed by atoms with E-state index in [9.17, 15) is 14.4 Å². The number of hydrogen-bond donors (Lipinski definition) is 2. The number of piperidine rings is 1. The Morgan fingerprint density at radius 3 is 2.58 bits per heavy atom. The maximum absolute atomic E-state index is 13.8. The van der Waals surface area contributed by atoms with Crippen LogP contribution in [0.25, 0.3) is 11.0 Å². The minimum atomic E-state index is -0.803. The minimum Gasteiger partial charge on any atom is -0.464 e. The molecular weight excluding hydrogens is 554 g/mol. The molecule has 2 N–H and O–H groups in total. The molecule has 11 nitrogen and oxygen atoms in total. The molecule has 2 aromatic carbocycles. The van der Waals surface area contributed by atoms with Gasteiger partial charge in [0.05, 0.1) is 44.7 Å². The first-order valence-electron chi connectivity index (χ1n) is 14.6. The van der Waals surface area contributed by atoms with Crippen molar-refractivity contribution in [2.45, 2.75) is 37.0 Å². The Balaban J connectivity index is 1.22. The summed E-state index contributed by atoms with van der Waals surface area (Å²) >= 11 is 0. The number of likely N-dealkylation sites (tertiary alicyclic amines) is 1. The van der Waals surface area contributed by atoms with E-state index in [2.05, 4.69) is 10.2 Å². The maximum atomic E-state index is 13.8. The Kier molecular flexibility index (Phi) is 8.46. The van der Waals surface area contributed by atoms with Gasteiger partial charge in [-0.05, 0) is 43.2 Å². The van der Waals surface area contributed by atoms with Gasteiger partial charge in [0, 0.05) is 36.7 Å². The molecular formula is C32H35N3O8. The van der Waals surface area contributed by atoms with Gasteiger partial charge in [-0.1, -0.05) is 30.3 Å². The summed E-state index contributed by atoms with van der Waals surface area (Å²) < 4.78 is 23.0. The zero-order valence-electron chi connectivity index (χ0n) is 23.8. The van der Waals surface area contributed by atoms with E-state index in [1.54, 1.807) is 35.2 Å². The van der Waals surface area contributed by atoms with Crippen molar-refractivity contribution >= 4 is 28.5 Å². The number of nitrogens with zero attached hydrogens (tertiary/aromatic N) is 2. The fraction of sp³-hybridized carbons (Fsp3) is 0.406. The van der Waals surface area contributed by atoms with Gasteiger partial charge < -0.3 is 38.9 Å². The first-order valence-corrected chi connectivity index (χ1v) is 14.6. The van der Waals surface area contributed by atoms with Crippen LogP contribution in [0.5, 0.6) is 0 Å². The van der Waals surface area contributed by atoms with Gasteiger partial charge in [0.2, 0.25) is 12.2 Å². The highest BCUT2D eigenvalue weighted by molar-refractivity contribution is 5.95. The summed E-state index contributed by atoms with van der Waals surface area (Å²) in [4.78, 5) is 44.1. The fourth-order valence-corrected chi connectivity index (χ4v) is 6.15. The van der Waals surface area contributed by atoms with Crippen LogP contribution in [0.3, 0.4) is 0 Å². The van der Waals surface area contributed by atoms with Crippen molar-refractivity contribution in [3.05, 3.63) is 88.5 Å². The Labute approximate surface area is 248 Å². The molecule has 4 heterocycles. The number of anilines is 1. The smallest absolute Gasteiger partial charge is 0.288 e. The van der Waals surface area contributed by atoms with Crippen LogP contribution in [0, 0.1) is 0 Å². The van der Waals surface area contributed by atoms with E-state index < -0.39 is 17.7 Å². The monoisotopic (exact) mass is 589 g/mol. The van der Waals surface area contributed by atoms with E-state index in [0.29, 0.717) is 55.6 Å². The number of aliphatic hydroxyl groups excluding tert-OH is 1. The molecule has 226 valence electrons. The summed E-state index contributed by atoms with van der Waals surface area (Å²) in [5.41, 5.74) is 0.956. The number of aliphatic hydroxyl groups is 1. The van der Waals surface area contributed by atoms with Gasteiger partial charge in [-0.15, -0.1) is 0 Å². The molecule has 2 fully saturated rings. The highest BCUT2D eigenvalue weighted by Gasteiger charge is 2.51. The molecule has 0 bridgehead atoms.